The molecule has 1 saturated carbocycles. The molecule has 0 aliphatic heterocycles. The lowest BCUT2D eigenvalue weighted by Crippen LogP contribution is -2.42. The average molecular weight is 245 g/mol. The molecule has 94 valence electrons. The summed E-state index contributed by atoms with van der Waals surface area (Å²) < 4.78 is 1.56. The molecule has 2 aromatic rings. The van der Waals surface area contributed by atoms with Gasteiger partial charge in [-0.1, -0.05) is 0 Å². The first-order valence-electron chi connectivity index (χ1n) is 5.94. The monoisotopic (exact) mass is 245 g/mol. The quantitative estimate of drug-likeness (QED) is 0.837. The standard InChI is InChI=1S/C11H15N7/c1-11(4-2-5-11)17-9-14-8(12)15-10(16-9)18-7-3-6-13-18/h3,6-7H,2,4-5H2,1H3,(H3,12,14,15,16,17). The molecule has 3 N–H and O–H groups in total. The number of nitrogens with two attached hydrogens (primary N) is 1. The molecule has 3 rings (SSSR count). The van der Waals surface area contributed by atoms with E-state index < -0.39 is 0 Å². The second-order valence-electron chi connectivity index (χ2n) is 4.81. The number of rotatable bonds is 3. The number of hydrogen-bond donors (Lipinski definition) is 2. The van der Waals surface area contributed by atoms with Crippen LogP contribution in [0.2, 0.25) is 0 Å². The van der Waals surface area contributed by atoms with Gasteiger partial charge in [-0.05, 0) is 32.3 Å². The molecular weight excluding hydrogens is 230 g/mol. The van der Waals surface area contributed by atoms with E-state index in [2.05, 4.69) is 32.3 Å². The van der Waals surface area contributed by atoms with E-state index in [0.717, 1.165) is 12.8 Å². The minimum absolute atomic E-state index is 0.0786. The van der Waals surface area contributed by atoms with Crippen LogP contribution in [0.3, 0.4) is 0 Å². The molecule has 0 atom stereocenters. The van der Waals surface area contributed by atoms with Gasteiger partial charge in [0.15, 0.2) is 0 Å². The van der Waals surface area contributed by atoms with Crippen molar-refractivity contribution in [3.63, 3.8) is 0 Å². The van der Waals surface area contributed by atoms with Gasteiger partial charge in [0.25, 0.3) is 5.95 Å². The predicted octanol–water partition coefficient (Wildman–Crippen LogP) is 0.994. The second-order valence-corrected chi connectivity index (χ2v) is 4.81. The Balaban J connectivity index is 1.91. The summed E-state index contributed by atoms with van der Waals surface area (Å²) in [7, 11) is 0. The van der Waals surface area contributed by atoms with Crippen LogP contribution in [0.4, 0.5) is 11.9 Å². The molecule has 0 aromatic carbocycles. The van der Waals surface area contributed by atoms with E-state index in [4.69, 9.17) is 5.73 Å². The Kier molecular flexibility index (Phi) is 2.39. The summed E-state index contributed by atoms with van der Waals surface area (Å²) in [5.41, 5.74) is 5.78. The molecule has 0 radical (unpaired) electrons. The summed E-state index contributed by atoms with van der Waals surface area (Å²) in [5, 5.41) is 7.39. The Bertz CT molecular complexity index is 545. The lowest BCUT2D eigenvalue weighted by molar-refractivity contribution is 0.304. The summed E-state index contributed by atoms with van der Waals surface area (Å²) >= 11 is 0. The molecule has 7 heteroatoms. The van der Waals surface area contributed by atoms with Crippen LogP contribution >= 0.6 is 0 Å². The van der Waals surface area contributed by atoms with Gasteiger partial charge in [-0.25, -0.2) is 4.68 Å². The van der Waals surface area contributed by atoms with Gasteiger partial charge in [-0.2, -0.15) is 20.1 Å². The van der Waals surface area contributed by atoms with Gasteiger partial charge in [-0.15, -0.1) is 0 Å². The number of anilines is 2. The molecule has 0 unspecified atom stereocenters. The zero-order valence-corrected chi connectivity index (χ0v) is 10.2. The molecule has 0 amide bonds. The van der Waals surface area contributed by atoms with Crippen molar-refractivity contribution in [2.24, 2.45) is 0 Å². The molecule has 2 aromatic heterocycles. The first-order valence-corrected chi connectivity index (χ1v) is 5.94. The zero-order chi connectivity index (χ0) is 12.6. The maximum atomic E-state index is 5.70. The van der Waals surface area contributed by atoms with Gasteiger partial charge in [0, 0.05) is 17.9 Å². The van der Waals surface area contributed by atoms with Crippen molar-refractivity contribution < 1.29 is 0 Å². The SMILES string of the molecule is CC1(Nc2nc(N)nc(-n3cccn3)n2)CCC1. The van der Waals surface area contributed by atoms with Crippen molar-refractivity contribution in [1.82, 2.24) is 24.7 Å². The Morgan fingerprint density at radius 1 is 1.33 bits per heavy atom. The fraction of sp³-hybridized carbons (Fsp3) is 0.455. The third-order valence-corrected chi connectivity index (χ3v) is 3.22. The smallest absolute Gasteiger partial charge is 0.257 e. The minimum atomic E-state index is 0.0786. The van der Waals surface area contributed by atoms with Crippen molar-refractivity contribution >= 4 is 11.9 Å². The van der Waals surface area contributed by atoms with Crippen LogP contribution in [0.1, 0.15) is 26.2 Å². The normalized spacial score (nSPS) is 17.2. The Hall–Kier alpha value is -2.18. The van der Waals surface area contributed by atoms with E-state index in [-0.39, 0.29) is 11.5 Å². The van der Waals surface area contributed by atoms with Gasteiger partial charge in [0.1, 0.15) is 0 Å². The van der Waals surface area contributed by atoms with Gasteiger partial charge in [0.2, 0.25) is 11.9 Å². The molecule has 7 nitrogen and oxygen atoms in total. The Morgan fingerprint density at radius 2 is 2.17 bits per heavy atom. The Morgan fingerprint density at radius 3 is 2.78 bits per heavy atom. The number of hydrogen-bond acceptors (Lipinski definition) is 6. The van der Waals surface area contributed by atoms with Crippen LogP contribution in [0.5, 0.6) is 0 Å². The molecule has 1 fully saturated rings. The summed E-state index contributed by atoms with van der Waals surface area (Å²) in [6.45, 7) is 2.16. The topological polar surface area (TPSA) is 94.5 Å². The number of nitrogens with zero attached hydrogens (tertiary/aromatic N) is 5. The van der Waals surface area contributed by atoms with Crippen molar-refractivity contribution in [2.75, 3.05) is 11.1 Å². The van der Waals surface area contributed by atoms with Crippen LogP contribution in [0.15, 0.2) is 18.5 Å². The summed E-state index contributed by atoms with van der Waals surface area (Å²) in [6.07, 6.45) is 6.91. The van der Waals surface area contributed by atoms with E-state index in [0.29, 0.717) is 11.9 Å². The van der Waals surface area contributed by atoms with Gasteiger partial charge >= 0.3 is 0 Å². The highest BCUT2D eigenvalue weighted by molar-refractivity contribution is 5.37. The largest absolute Gasteiger partial charge is 0.368 e. The van der Waals surface area contributed by atoms with Crippen LogP contribution in [-0.4, -0.2) is 30.3 Å². The van der Waals surface area contributed by atoms with E-state index in [1.54, 1.807) is 23.1 Å². The molecule has 18 heavy (non-hydrogen) atoms. The maximum absolute atomic E-state index is 5.70. The van der Waals surface area contributed by atoms with E-state index in [1.807, 2.05) is 0 Å². The minimum Gasteiger partial charge on any atom is -0.368 e. The molecule has 1 aliphatic carbocycles. The first kappa shape index (κ1) is 10.9. The summed E-state index contributed by atoms with van der Waals surface area (Å²) in [6, 6.07) is 1.81. The van der Waals surface area contributed by atoms with Crippen LogP contribution in [-0.2, 0) is 0 Å². The third-order valence-electron chi connectivity index (χ3n) is 3.22. The van der Waals surface area contributed by atoms with Gasteiger partial charge in [-0.3, -0.25) is 0 Å². The molecular formula is C11H15N7. The molecule has 0 saturated heterocycles. The number of nitrogens with one attached hydrogen (secondary N) is 1. The molecule has 0 bridgehead atoms. The zero-order valence-electron chi connectivity index (χ0n) is 10.2. The second kappa shape index (κ2) is 3.94. The van der Waals surface area contributed by atoms with Crippen LogP contribution in [0.25, 0.3) is 5.95 Å². The van der Waals surface area contributed by atoms with Crippen molar-refractivity contribution in [2.45, 2.75) is 31.7 Å². The number of aromatic nitrogens is 5. The maximum Gasteiger partial charge on any atom is 0.257 e. The highest BCUT2D eigenvalue weighted by Gasteiger charge is 2.32. The van der Waals surface area contributed by atoms with E-state index >= 15 is 0 Å². The van der Waals surface area contributed by atoms with Gasteiger partial charge < -0.3 is 11.1 Å². The average Bonchev–Trinajstić information content (AvgIpc) is 2.79. The fourth-order valence-electron chi connectivity index (χ4n) is 2.03. The highest BCUT2D eigenvalue weighted by Crippen LogP contribution is 2.33. The van der Waals surface area contributed by atoms with Crippen molar-refractivity contribution in [3.8, 4) is 5.95 Å². The molecule has 1 aliphatic rings. The summed E-state index contributed by atoms with van der Waals surface area (Å²) in [5.74, 6) is 1.13. The van der Waals surface area contributed by atoms with E-state index in [9.17, 15) is 0 Å². The molecule has 2 heterocycles. The lowest BCUT2D eigenvalue weighted by atomic mass is 9.79. The lowest BCUT2D eigenvalue weighted by Gasteiger charge is -2.39. The van der Waals surface area contributed by atoms with Gasteiger partial charge in [0.05, 0.1) is 0 Å². The fourth-order valence-corrected chi connectivity index (χ4v) is 2.03. The van der Waals surface area contributed by atoms with Crippen LogP contribution < -0.4 is 11.1 Å². The van der Waals surface area contributed by atoms with Crippen molar-refractivity contribution in [3.05, 3.63) is 18.5 Å². The predicted molar refractivity (Wildman–Crippen MR) is 67.2 cm³/mol. The third kappa shape index (κ3) is 1.99. The Labute approximate surface area is 104 Å². The van der Waals surface area contributed by atoms with Crippen molar-refractivity contribution in [1.29, 1.82) is 0 Å². The van der Waals surface area contributed by atoms with E-state index in [1.165, 1.54) is 6.42 Å². The number of nitrogen functional groups attached to an aromatic ring is 1. The highest BCUT2D eigenvalue weighted by atomic mass is 15.4. The first-order chi connectivity index (χ1) is 8.65. The summed E-state index contributed by atoms with van der Waals surface area (Å²) in [4.78, 5) is 12.5. The molecule has 0 spiro atoms. The van der Waals surface area contributed by atoms with Crippen LogP contribution in [0, 0.1) is 0 Å².